The van der Waals surface area contributed by atoms with Crippen LogP contribution < -0.4 is 5.32 Å². The fourth-order valence-corrected chi connectivity index (χ4v) is 2.82. The molecule has 6 heteroatoms. The molecule has 1 amide bonds. The number of halogens is 2. The number of nitrogens with one attached hydrogen (secondary N) is 1. The average Bonchev–Trinajstić information content (AvgIpc) is 2.38. The van der Waals surface area contributed by atoms with Crippen LogP contribution in [-0.2, 0) is 4.79 Å². The van der Waals surface area contributed by atoms with Crippen molar-refractivity contribution >= 4 is 27.8 Å². The summed E-state index contributed by atoms with van der Waals surface area (Å²) in [5.74, 6) is -2.35. The Labute approximate surface area is 124 Å². The molecule has 2 N–H and O–H groups in total. The van der Waals surface area contributed by atoms with Crippen LogP contribution in [0.2, 0.25) is 0 Å². The van der Waals surface area contributed by atoms with Gasteiger partial charge in [0.1, 0.15) is 5.82 Å². The highest BCUT2D eigenvalue weighted by molar-refractivity contribution is 9.10. The van der Waals surface area contributed by atoms with E-state index in [9.17, 15) is 14.0 Å². The van der Waals surface area contributed by atoms with Crippen LogP contribution in [0.15, 0.2) is 22.7 Å². The van der Waals surface area contributed by atoms with Gasteiger partial charge in [0.25, 0.3) is 5.91 Å². The SMILES string of the molecule is O=C(NC1CCCC(C(=O)O)C1)c1ccc(Br)cc1F. The number of benzene rings is 1. The van der Waals surface area contributed by atoms with E-state index in [2.05, 4.69) is 21.2 Å². The van der Waals surface area contributed by atoms with E-state index in [1.54, 1.807) is 6.07 Å². The molecule has 0 saturated heterocycles. The van der Waals surface area contributed by atoms with Crippen molar-refractivity contribution in [2.75, 3.05) is 0 Å². The van der Waals surface area contributed by atoms with Crippen molar-refractivity contribution < 1.29 is 19.1 Å². The Bertz CT molecular complexity index is 535. The van der Waals surface area contributed by atoms with Crippen LogP contribution in [0.1, 0.15) is 36.0 Å². The summed E-state index contributed by atoms with van der Waals surface area (Å²) in [7, 11) is 0. The third kappa shape index (κ3) is 3.56. The molecule has 0 aromatic heterocycles. The Balaban J connectivity index is 2.02. The van der Waals surface area contributed by atoms with Crippen molar-refractivity contribution in [1.82, 2.24) is 5.32 Å². The molecular formula is C14H15BrFNO3. The molecule has 0 heterocycles. The maximum Gasteiger partial charge on any atom is 0.306 e. The summed E-state index contributed by atoms with van der Waals surface area (Å²) < 4.78 is 14.2. The topological polar surface area (TPSA) is 66.4 Å². The molecular weight excluding hydrogens is 329 g/mol. The van der Waals surface area contributed by atoms with E-state index in [-0.39, 0.29) is 11.6 Å². The minimum absolute atomic E-state index is 0.0225. The van der Waals surface area contributed by atoms with Crippen molar-refractivity contribution in [3.8, 4) is 0 Å². The Morgan fingerprint density at radius 3 is 2.75 bits per heavy atom. The molecule has 1 saturated carbocycles. The number of aliphatic carboxylic acids is 1. The monoisotopic (exact) mass is 343 g/mol. The second-order valence-electron chi connectivity index (χ2n) is 5.00. The molecule has 2 unspecified atom stereocenters. The zero-order valence-electron chi connectivity index (χ0n) is 10.7. The Kier molecular flexibility index (Phi) is 4.75. The van der Waals surface area contributed by atoms with Gasteiger partial charge in [-0.2, -0.15) is 0 Å². The molecule has 2 atom stereocenters. The second-order valence-corrected chi connectivity index (χ2v) is 5.91. The third-order valence-corrected chi connectivity index (χ3v) is 4.03. The van der Waals surface area contributed by atoms with E-state index in [0.29, 0.717) is 17.3 Å². The molecule has 0 radical (unpaired) electrons. The first-order valence-corrected chi connectivity index (χ1v) is 7.25. The third-order valence-electron chi connectivity index (χ3n) is 3.53. The van der Waals surface area contributed by atoms with E-state index in [1.807, 2.05) is 0 Å². The van der Waals surface area contributed by atoms with Gasteiger partial charge >= 0.3 is 5.97 Å². The number of carboxylic acid groups (broad SMARTS) is 1. The molecule has 1 aliphatic rings. The standard InChI is InChI=1S/C14H15BrFNO3/c15-9-4-5-11(12(16)7-9)13(18)17-10-3-1-2-8(6-10)14(19)20/h4-5,7-8,10H,1-3,6H2,(H,17,18)(H,19,20). The van der Waals surface area contributed by atoms with Crippen LogP contribution in [-0.4, -0.2) is 23.0 Å². The zero-order valence-corrected chi connectivity index (χ0v) is 12.3. The van der Waals surface area contributed by atoms with Crippen molar-refractivity contribution in [2.45, 2.75) is 31.7 Å². The molecule has 1 aromatic rings. The van der Waals surface area contributed by atoms with Gasteiger partial charge < -0.3 is 10.4 Å². The molecule has 0 aliphatic heterocycles. The summed E-state index contributed by atoms with van der Waals surface area (Å²) in [5.41, 5.74) is -0.0225. The maximum atomic E-state index is 13.7. The van der Waals surface area contributed by atoms with Crippen LogP contribution >= 0.6 is 15.9 Å². The van der Waals surface area contributed by atoms with E-state index >= 15 is 0 Å². The van der Waals surface area contributed by atoms with E-state index < -0.39 is 23.6 Å². The number of carbonyl (C=O) groups excluding carboxylic acids is 1. The molecule has 2 rings (SSSR count). The zero-order chi connectivity index (χ0) is 14.7. The van der Waals surface area contributed by atoms with Crippen molar-refractivity contribution in [1.29, 1.82) is 0 Å². The van der Waals surface area contributed by atoms with E-state index in [0.717, 1.165) is 12.8 Å². The summed E-state index contributed by atoms with van der Waals surface area (Å²) in [5, 5.41) is 11.7. The fraction of sp³-hybridized carbons (Fsp3) is 0.429. The lowest BCUT2D eigenvalue weighted by molar-refractivity contribution is -0.143. The van der Waals surface area contributed by atoms with Gasteiger partial charge in [0, 0.05) is 10.5 Å². The first kappa shape index (κ1) is 15.0. The average molecular weight is 344 g/mol. The molecule has 20 heavy (non-hydrogen) atoms. The highest BCUT2D eigenvalue weighted by Gasteiger charge is 2.28. The van der Waals surface area contributed by atoms with Crippen LogP contribution in [0, 0.1) is 11.7 Å². The van der Waals surface area contributed by atoms with E-state index in [1.165, 1.54) is 12.1 Å². The first-order chi connectivity index (χ1) is 9.47. The van der Waals surface area contributed by atoms with Crippen molar-refractivity contribution in [3.05, 3.63) is 34.1 Å². The fourth-order valence-electron chi connectivity index (χ4n) is 2.48. The van der Waals surface area contributed by atoms with Crippen LogP contribution in [0.3, 0.4) is 0 Å². The summed E-state index contributed by atoms with van der Waals surface area (Å²) >= 11 is 3.13. The number of carbonyl (C=O) groups is 2. The summed E-state index contributed by atoms with van der Waals surface area (Å²) in [6.45, 7) is 0. The lowest BCUT2D eigenvalue weighted by Crippen LogP contribution is -2.40. The van der Waals surface area contributed by atoms with Gasteiger partial charge in [-0.05, 0) is 37.5 Å². The minimum atomic E-state index is -0.834. The molecule has 0 spiro atoms. The van der Waals surface area contributed by atoms with E-state index in [4.69, 9.17) is 5.11 Å². The summed E-state index contributed by atoms with van der Waals surface area (Å²) in [6, 6.07) is 4.03. The van der Waals surface area contributed by atoms with Gasteiger partial charge in [-0.1, -0.05) is 22.4 Å². The number of hydrogen-bond donors (Lipinski definition) is 2. The normalized spacial score (nSPS) is 22.3. The molecule has 4 nitrogen and oxygen atoms in total. The Morgan fingerprint density at radius 1 is 1.35 bits per heavy atom. The smallest absolute Gasteiger partial charge is 0.306 e. The number of rotatable bonds is 3. The lowest BCUT2D eigenvalue weighted by Gasteiger charge is -2.27. The molecule has 0 bridgehead atoms. The maximum absolute atomic E-state index is 13.7. The predicted octanol–water partition coefficient (Wildman–Crippen LogP) is 2.96. The quantitative estimate of drug-likeness (QED) is 0.886. The van der Waals surface area contributed by atoms with Gasteiger partial charge in [-0.3, -0.25) is 9.59 Å². The van der Waals surface area contributed by atoms with Gasteiger partial charge in [0.05, 0.1) is 11.5 Å². The molecule has 1 fully saturated rings. The van der Waals surface area contributed by atoms with Crippen LogP contribution in [0.5, 0.6) is 0 Å². The Morgan fingerprint density at radius 2 is 2.10 bits per heavy atom. The number of hydrogen-bond acceptors (Lipinski definition) is 2. The number of amides is 1. The van der Waals surface area contributed by atoms with Crippen molar-refractivity contribution in [2.24, 2.45) is 5.92 Å². The largest absolute Gasteiger partial charge is 0.481 e. The Hall–Kier alpha value is -1.43. The summed E-state index contributed by atoms with van der Waals surface area (Å²) in [6.07, 6.45) is 2.52. The second kappa shape index (κ2) is 6.35. The highest BCUT2D eigenvalue weighted by Crippen LogP contribution is 2.25. The van der Waals surface area contributed by atoms with Crippen molar-refractivity contribution in [3.63, 3.8) is 0 Å². The van der Waals surface area contributed by atoms with Gasteiger partial charge in [0.2, 0.25) is 0 Å². The van der Waals surface area contributed by atoms with Gasteiger partial charge in [-0.25, -0.2) is 4.39 Å². The minimum Gasteiger partial charge on any atom is -0.481 e. The molecule has 1 aromatic carbocycles. The summed E-state index contributed by atoms with van der Waals surface area (Å²) in [4.78, 5) is 23.0. The van der Waals surface area contributed by atoms with Crippen LogP contribution in [0.25, 0.3) is 0 Å². The van der Waals surface area contributed by atoms with Gasteiger partial charge in [0.15, 0.2) is 0 Å². The number of carboxylic acids is 1. The predicted molar refractivity (Wildman–Crippen MR) is 74.9 cm³/mol. The highest BCUT2D eigenvalue weighted by atomic mass is 79.9. The lowest BCUT2D eigenvalue weighted by atomic mass is 9.85. The van der Waals surface area contributed by atoms with Crippen LogP contribution in [0.4, 0.5) is 4.39 Å². The first-order valence-electron chi connectivity index (χ1n) is 6.46. The molecule has 108 valence electrons. The van der Waals surface area contributed by atoms with Gasteiger partial charge in [-0.15, -0.1) is 0 Å². The molecule has 1 aliphatic carbocycles.